The molecule has 2 aromatic heterocycles. The molecule has 7 nitrogen and oxygen atoms in total. The van der Waals surface area contributed by atoms with Gasteiger partial charge in [0.2, 0.25) is 5.95 Å². The van der Waals surface area contributed by atoms with Crippen LogP contribution in [0.5, 0.6) is 0 Å². The molecule has 11 heteroatoms. The standard InChI is InChI=1S/C29H35Cl2F2N7/c1-18-6-5-10-40(18)29-35-26(21-7-8-24(32)22(30)15-21)25(33)28(36-29)39-13-12-38(17-19(39)2)27-23(31)14-20(16-34-27)9-11-37(3)4/h7-8,14-16,18-19H,5-6,9-13,17H2,1-4H3. The van der Waals surface area contributed by atoms with Crippen LogP contribution >= 0.6 is 23.2 Å². The summed E-state index contributed by atoms with van der Waals surface area (Å²) in [6.45, 7) is 7.60. The van der Waals surface area contributed by atoms with E-state index in [1.807, 2.05) is 38.2 Å². The first-order valence-electron chi connectivity index (χ1n) is 13.7. The molecule has 0 amide bonds. The van der Waals surface area contributed by atoms with Crippen molar-refractivity contribution >= 4 is 40.8 Å². The van der Waals surface area contributed by atoms with Gasteiger partial charge in [0.25, 0.3) is 0 Å². The number of halogens is 4. The van der Waals surface area contributed by atoms with E-state index in [4.69, 9.17) is 28.2 Å². The van der Waals surface area contributed by atoms with Crippen LogP contribution in [0.1, 0.15) is 32.3 Å². The van der Waals surface area contributed by atoms with Crippen molar-refractivity contribution < 1.29 is 8.78 Å². The maximum absolute atomic E-state index is 16.2. The highest BCUT2D eigenvalue weighted by Gasteiger charge is 2.32. The Bertz CT molecular complexity index is 1370. The Balaban J connectivity index is 1.44. The first-order valence-corrected chi connectivity index (χ1v) is 14.5. The maximum atomic E-state index is 16.2. The van der Waals surface area contributed by atoms with Crippen molar-refractivity contribution in [1.29, 1.82) is 0 Å². The molecule has 3 aromatic rings. The molecule has 2 aliphatic heterocycles. The quantitative estimate of drug-likeness (QED) is 0.338. The number of benzene rings is 1. The van der Waals surface area contributed by atoms with Crippen LogP contribution in [0.15, 0.2) is 30.5 Å². The fourth-order valence-electron chi connectivity index (χ4n) is 5.46. The lowest BCUT2D eigenvalue weighted by Crippen LogP contribution is -2.53. The summed E-state index contributed by atoms with van der Waals surface area (Å²) < 4.78 is 30.1. The van der Waals surface area contributed by atoms with Gasteiger partial charge in [-0.25, -0.2) is 18.7 Å². The molecule has 2 saturated heterocycles. The number of nitrogens with zero attached hydrogens (tertiary/aromatic N) is 7. The molecule has 0 N–H and O–H groups in total. The summed E-state index contributed by atoms with van der Waals surface area (Å²) in [6.07, 6.45) is 4.79. The van der Waals surface area contributed by atoms with E-state index in [-0.39, 0.29) is 28.6 Å². The second kappa shape index (κ2) is 12.0. The third-order valence-corrected chi connectivity index (χ3v) is 8.32. The second-order valence-electron chi connectivity index (χ2n) is 11.0. The minimum atomic E-state index is -0.559. The van der Waals surface area contributed by atoms with Gasteiger partial charge in [0, 0.05) is 56.6 Å². The van der Waals surface area contributed by atoms with E-state index in [0.29, 0.717) is 36.2 Å². The Morgan fingerprint density at radius 3 is 2.40 bits per heavy atom. The number of aromatic nitrogens is 3. The van der Waals surface area contributed by atoms with E-state index in [0.717, 1.165) is 43.7 Å². The number of hydrogen-bond donors (Lipinski definition) is 0. The van der Waals surface area contributed by atoms with Crippen molar-refractivity contribution in [1.82, 2.24) is 19.9 Å². The lowest BCUT2D eigenvalue weighted by molar-refractivity contribution is 0.413. The molecule has 2 atom stereocenters. The van der Waals surface area contributed by atoms with E-state index in [1.54, 1.807) is 0 Å². The highest BCUT2D eigenvalue weighted by molar-refractivity contribution is 6.33. The molecule has 2 aliphatic rings. The predicted molar refractivity (Wildman–Crippen MR) is 159 cm³/mol. The van der Waals surface area contributed by atoms with Crippen molar-refractivity contribution in [3.8, 4) is 11.3 Å². The smallest absolute Gasteiger partial charge is 0.228 e. The molecule has 214 valence electrons. The van der Waals surface area contributed by atoms with Gasteiger partial charge in [-0.2, -0.15) is 4.98 Å². The van der Waals surface area contributed by atoms with E-state index in [9.17, 15) is 4.39 Å². The maximum Gasteiger partial charge on any atom is 0.228 e. The lowest BCUT2D eigenvalue weighted by atomic mass is 10.1. The SMILES string of the molecule is CC1CCCN1c1nc(-c2ccc(F)c(Cl)c2)c(F)c(N2CCN(c3ncc(CCN(C)C)cc3Cl)CC2C)n1. The molecule has 40 heavy (non-hydrogen) atoms. The molecular formula is C29H35Cl2F2N7. The van der Waals surface area contributed by atoms with Crippen LogP contribution in [-0.2, 0) is 6.42 Å². The Morgan fingerprint density at radius 1 is 0.950 bits per heavy atom. The highest BCUT2D eigenvalue weighted by atomic mass is 35.5. The zero-order valence-electron chi connectivity index (χ0n) is 23.3. The molecule has 5 rings (SSSR count). The fourth-order valence-corrected chi connectivity index (χ4v) is 5.95. The Hall–Kier alpha value is -2.75. The molecule has 0 radical (unpaired) electrons. The lowest BCUT2D eigenvalue weighted by Gasteiger charge is -2.41. The predicted octanol–water partition coefficient (Wildman–Crippen LogP) is 5.93. The Labute approximate surface area is 244 Å². The summed E-state index contributed by atoms with van der Waals surface area (Å²) in [5.41, 5.74) is 1.63. The molecule has 4 heterocycles. The van der Waals surface area contributed by atoms with Crippen LogP contribution in [0.4, 0.5) is 26.4 Å². The number of likely N-dealkylation sites (N-methyl/N-ethyl adjacent to an activating group) is 1. The summed E-state index contributed by atoms with van der Waals surface area (Å²) >= 11 is 12.7. The van der Waals surface area contributed by atoms with E-state index in [1.165, 1.54) is 18.2 Å². The number of hydrogen-bond acceptors (Lipinski definition) is 7. The van der Waals surface area contributed by atoms with Crippen molar-refractivity contribution in [2.75, 3.05) is 61.5 Å². The van der Waals surface area contributed by atoms with E-state index < -0.39 is 11.6 Å². The molecule has 0 spiro atoms. The van der Waals surface area contributed by atoms with Gasteiger partial charge in [-0.15, -0.1) is 0 Å². The summed E-state index contributed by atoms with van der Waals surface area (Å²) in [4.78, 5) is 22.4. The molecular weight excluding hydrogens is 555 g/mol. The van der Waals surface area contributed by atoms with Crippen molar-refractivity contribution in [2.45, 2.75) is 45.2 Å². The molecule has 0 aliphatic carbocycles. The number of rotatable bonds is 7. The van der Waals surface area contributed by atoms with Crippen LogP contribution in [-0.4, -0.2) is 78.8 Å². The normalized spacial score (nSPS) is 19.7. The van der Waals surface area contributed by atoms with Gasteiger partial charge >= 0.3 is 0 Å². The van der Waals surface area contributed by atoms with Crippen LogP contribution in [0, 0.1) is 11.6 Å². The largest absolute Gasteiger partial charge is 0.352 e. The van der Waals surface area contributed by atoms with Crippen LogP contribution in [0.2, 0.25) is 10.0 Å². The van der Waals surface area contributed by atoms with Crippen LogP contribution < -0.4 is 14.7 Å². The number of anilines is 3. The molecule has 2 unspecified atom stereocenters. The average Bonchev–Trinajstić information content (AvgIpc) is 3.35. The number of piperazine rings is 1. The summed E-state index contributed by atoms with van der Waals surface area (Å²) in [5, 5.41) is 0.540. The third kappa shape index (κ3) is 5.97. The summed E-state index contributed by atoms with van der Waals surface area (Å²) in [6, 6.07) is 6.30. The van der Waals surface area contributed by atoms with Crippen molar-refractivity contribution in [2.24, 2.45) is 0 Å². The minimum Gasteiger partial charge on any atom is -0.352 e. The molecule has 1 aromatic carbocycles. The summed E-state index contributed by atoms with van der Waals surface area (Å²) in [7, 11) is 4.08. The topological polar surface area (TPSA) is 51.6 Å². The highest BCUT2D eigenvalue weighted by Crippen LogP contribution is 2.35. The van der Waals surface area contributed by atoms with Gasteiger partial charge in [-0.1, -0.05) is 23.2 Å². The monoisotopic (exact) mass is 589 g/mol. The first-order chi connectivity index (χ1) is 19.1. The second-order valence-corrected chi connectivity index (χ2v) is 11.8. The van der Waals surface area contributed by atoms with Crippen LogP contribution in [0.25, 0.3) is 11.3 Å². The van der Waals surface area contributed by atoms with Gasteiger partial charge in [0.15, 0.2) is 11.6 Å². The summed E-state index contributed by atoms with van der Waals surface area (Å²) in [5.74, 6) is 0.351. The van der Waals surface area contributed by atoms with Gasteiger partial charge in [0.05, 0.1) is 10.0 Å². The first kappa shape index (κ1) is 28.8. The van der Waals surface area contributed by atoms with Gasteiger partial charge in [-0.3, -0.25) is 0 Å². The van der Waals surface area contributed by atoms with E-state index >= 15 is 4.39 Å². The Kier molecular flexibility index (Phi) is 8.63. The van der Waals surface area contributed by atoms with Gasteiger partial charge < -0.3 is 19.6 Å². The Morgan fingerprint density at radius 2 is 1.75 bits per heavy atom. The zero-order valence-corrected chi connectivity index (χ0v) is 24.9. The third-order valence-electron chi connectivity index (χ3n) is 7.75. The van der Waals surface area contributed by atoms with Crippen LogP contribution in [0.3, 0.4) is 0 Å². The number of pyridine rings is 1. The minimum absolute atomic E-state index is 0.0766. The van der Waals surface area contributed by atoms with E-state index in [2.05, 4.69) is 31.6 Å². The van der Waals surface area contributed by atoms with Crippen molar-refractivity contribution in [3.63, 3.8) is 0 Å². The zero-order chi connectivity index (χ0) is 28.6. The average molecular weight is 591 g/mol. The van der Waals surface area contributed by atoms with Gasteiger partial charge in [-0.05, 0) is 77.0 Å². The molecule has 0 saturated carbocycles. The fraction of sp³-hybridized carbons (Fsp3) is 0.483. The van der Waals surface area contributed by atoms with Gasteiger partial charge in [0.1, 0.15) is 17.3 Å². The van der Waals surface area contributed by atoms with Crippen molar-refractivity contribution in [3.05, 3.63) is 57.7 Å². The molecule has 2 fully saturated rings. The molecule has 0 bridgehead atoms.